The minimum Gasteiger partial charge on any atom is -0.376 e. The fourth-order valence-electron chi connectivity index (χ4n) is 2.96. The molecule has 1 aliphatic carbocycles. The molecule has 2 aliphatic heterocycles. The number of amides is 2. The predicted molar refractivity (Wildman–Crippen MR) is 50.7 cm³/mol. The summed E-state index contributed by atoms with van der Waals surface area (Å²) < 4.78 is 5.52. The lowest BCUT2D eigenvalue weighted by molar-refractivity contribution is -0.153. The van der Waals surface area contributed by atoms with Gasteiger partial charge in [-0.1, -0.05) is 0 Å². The van der Waals surface area contributed by atoms with Gasteiger partial charge in [0.1, 0.15) is 0 Å². The monoisotopic (exact) mass is 210 g/mol. The molecule has 4 unspecified atom stereocenters. The van der Waals surface area contributed by atoms with Crippen molar-refractivity contribution in [1.29, 1.82) is 0 Å². The maximum Gasteiger partial charge on any atom is 0.230 e. The van der Waals surface area contributed by atoms with Gasteiger partial charge >= 0.3 is 0 Å². The van der Waals surface area contributed by atoms with Crippen LogP contribution in [0.4, 0.5) is 0 Å². The second-order valence-electron chi connectivity index (χ2n) is 4.51. The first-order valence-electron chi connectivity index (χ1n) is 5.42. The van der Waals surface area contributed by atoms with Gasteiger partial charge in [-0.15, -0.1) is 0 Å². The molecular formula is C10H14N2O3. The van der Waals surface area contributed by atoms with Gasteiger partial charge in [0.05, 0.1) is 12.1 Å². The summed E-state index contributed by atoms with van der Waals surface area (Å²) in [6.07, 6.45) is 1.63. The normalized spacial score (nSPS) is 44.5. The van der Waals surface area contributed by atoms with Crippen LogP contribution in [0, 0.1) is 5.92 Å². The molecule has 4 atom stereocenters. The first-order chi connectivity index (χ1) is 7.20. The zero-order chi connectivity index (χ0) is 10.6. The van der Waals surface area contributed by atoms with E-state index in [1.165, 1.54) is 4.90 Å². The highest BCUT2D eigenvalue weighted by atomic mass is 16.5. The van der Waals surface area contributed by atoms with E-state index in [9.17, 15) is 9.59 Å². The van der Waals surface area contributed by atoms with Gasteiger partial charge in [0, 0.05) is 31.4 Å². The highest BCUT2D eigenvalue weighted by molar-refractivity contribution is 6.02. The van der Waals surface area contributed by atoms with Crippen LogP contribution in [0.3, 0.4) is 0 Å². The fraction of sp³-hybridized carbons (Fsp3) is 0.800. The van der Waals surface area contributed by atoms with Crippen LogP contribution < -0.4 is 5.73 Å². The van der Waals surface area contributed by atoms with Crippen molar-refractivity contribution in [2.24, 2.45) is 11.7 Å². The van der Waals surface area contributed by atoms with Gasteiger partial charge in [-0.2, -0.15) is 0 Å². The molecule has 0 bridgehead atoms. The lowest BCUT2D eigenvalue weighted by Crippen LogP contribution is -2.69. The summed E-state index contributed by atoms with van der Waals surface area (Å²) in [5, 5.41) is 0. The second-order valence-corrected chi connectivity index (χ2v) is 4.51. The largest absolute Gasteiger partial charge is 0.376 e. The lowest BCUT2D eigenvalue weighted by Gasteiger charge is -2.48. The number of nitrogens with zero attached hydrogens (tertiary/aromatic N) is 1. The van der Waals surface area contributed by atoms with Crippen LogP contribution in [0.2, 0.25) is 0 Å². The molecule has 1 saturated carbocycles. The quantitative estimate of drug-likeness (QED) is 0.578. The smallest absolute Gasteiger partial charge is 0.230 e. The van der Waals surface area contributed by atoms with Crippen molar-refractivity contribution in [3.8, 4) is 0 Å². The maximum atomic E-state index is 11.5. The highest BCUT2D eigenvalue weighted by Crippen LogP contribution is 2.42. The van der Waals surface area contributed by atoms with Gasteiger partial charge in [0.2, 0.25) is 11.8 Å². The number of hydrogen-bond acceptors (Lipinski definition) is 4. The van der Waals surface area contributed by atoms with E-state index >= 15 is 0 Å². The van der Waals surface area contributed by atoms with E-state index in [0.29, 0.717) is 25.4 Å². The number of likely N-dealkylation sites (tertiary alicyclic amines) is 1. The number of carbonyl (C=O) groups excluding carboxylic acids is 2. The van der Waals surface area contributed by atoms with Crippen LogP contribution in [-0.4, -0.2) is 41.5 Å². The minimum atomic E-state index is -0.194. The third-order valence-corrected chi connectivity index (χ3v) is 3.80. The highest BCUT2D eigenvalue weighted by Gasteiger charge is 2.57. The van der Waals surface area contributed by atoms with Crippen molar-refractivity contribution in [1.82, 2.24) is 4.90 Å². The van der Waals surface area contributed by atoms with Crippen LogP contribution in [-0.2, 0) is 14.3 Å². The molecule has 3 aliphatic rings. The van der Waals surface area contributed by atoms with Gasteiger partial charge in [-0.05, 0) is 6.42 Å². The molecule has 0 aromatic heterocycles. The summed E-state index contributed by atoms with van der Waals surface area (Å²) in [4.78, 5) is 24.4. The number of rotatable bonds is 1. The Bertz CT molecular complexity index is 315. The van der Waals surface area contributed by atoms with Crippen molar-refractivity contribution in [2.75, 3.05) is 6.61 Å². The topological polar surface area (TPSA) is 72.6 Å². The minimum absolute atomic E-state index is 0.00556. The molecule has 3 fully saturated rings. The van der Waals surface area contributed by atoms with Crippen LogP contribution in [0.25, 0.3) is 0 Å². The first kappa shape index (κ1) is 9.30. The van der Waals surface area contributed by atoms with E-state index in [1.54, 1.807) is 0 Å². The van der Waals surface area contributed by atoms with E-state index in [1.807, 2.05) is 0 Å². The number of ether oxygens (including phenoxy) is 1. The number of hydrogen-bond donors (Lipinski definition) is 1. The van der Waals surface area contributed by atoms with Crippen molar-refractivity contribution >= 4 is 11.8 Å². The Morgan fingerprint density at radius 3 is 2.60 bits per heavy atom. The molecule has 5 heteroatoms. The first-order valence-corrected chi connectivity index (χ1v) is 5.42. The summed E-state index contributed by atoms with van der Waals surface area (Å²) in [6, 6.07) is -0.275. The van der Waals surface area contributed by atoms with Crippen LogP contribution in [0.5, 0.6) is 0 Å². The Morgan fingerprint density at radius 2 is 1.93 bits per heavy atom. The Labute approximate surface area is 87.5 Å². The van der Waals surface area contributed by atoms with Gasteiger partial charge in [0.15, 0.2) is 0 Å². The Kier molecular flexibility index (Phi) is 1.87. The molecule has 0 spiro atoms. The molecule has 5 nitrogen and oxygen atoms in total. The molecule has 0 aromatic carbocycles. The molecule has 15 heavy (non-hydrogen) atoms. The Hall–Kier alpha value is -0.940. The molecule has 82 valence electrons. The molecule has 2 N–H and O–H groups in total. The Balaban J connectivity index is 1.82. The van der Waals surface area contributed by atoms with E-state index in [0.717, 1.165) is 6.42 Å². The summed E-state index contributed by atoms with van der Waals surface area (Å²) in [7, 11) is 0. The van der Waals surface area contributed by atoms with Gasteiger partial charge in [0.25, 0.3) is 0 Å². The summed E-state index contributed by atoms with van der Waals surface area (Å²) in [6.45, 7) is 0.704. The average Bonchev–Trinajstić information content (AvgIpc) is 2.77. The molecule has 0 radical (unpaired) electrons. The van der Waals surface area contributed by atoms with Crippen molar-refractivity contribution < 1.29 is 14.3 Å². The summed E-state index contributed by atoms with van der Waals surface area (Å²) in [5.41, 5.74) is 5.99. The standard InChI is InChI=1S/C10H14N2O3/c11-8-5-3-4-15-10(5)9(8)12-6(13)1-2-7(12)14/h5,8-10H,1-4,11H2. The number of imide groups is 1. The average molecular weight is 210 g/mol. The molecular weight excluding hydrogens is 196 g/mol. The number of fused-ring (bicyclic) bond motifs is 1. The molecule has 2 heterocycles. The summed E-state index contributed by atoms with van der Waals surface area (Å²) >= 11 is 0. The summed E-state index contributed by atoms with van der Waals surface area (Å²) in [5.74, 6) is 0.167. The van der Waals surface area contributed by atoms with Crippen molar-refractivity contribution in [2.45, 2.75) is 37.5 Å². The molecule has 2 amide bonds. The third kappa shape index (κ3) is 1.10. The lowest BCUT2D eigenvalue weighted by atomic mass is 9.71. The van der Waals surface area contributed by atoms with Crippen LogP contribution >= 0.6 is 0 Å². The number of carbonyl (C=O) groups is 2. The Morgan fingerprint density at radius 1 is 1.27 bits per heavy atom. The van der Waals surface area contributed by atoms with Gasteiger partial charge in [-0.3, -0.25) is 14.5 Å². The van der Waals surface area contributed by atoms with E-state index < -0.39 is 0 Å². The van der Waals surface area contributed by atoms with Gasteiger partial charge < -0.3 is 10.5 Å². The van der Waals surface area contributed by atoms with E-state index in [2.05, 4.69) is 0 Å². The third-order valence-electron chi connectivity index (χ3n) is 3.80. The van der Waals surface area contributed by atoms with Crippen LogP contribution in [0.1, 0.15) is 19.3 Å². The van der Waals surface area contributed by atoms with Crippen molar-refractivity contribution in [3.63, 3.8) is 0 Å². The predicted octanol–water partition coefficient (Wildman–Crippen LogP) is -0.750. The second kappa shape index (κ2) is 3.02. The van der Waals surface area contributed by atoms with Crippen molar-refractivity contribution in [3.05, 3.63) is 0 Å². The zero-order valence-electron chi connectivity index (χ0n) is 8.39. The zero-order valence-corrected chi connectivity index (χ0v) is 8.39. The van der Waals surface area contributed by atoms with Crippen LogP contribution in [0.15, 0.2) is 0 Å². The van der Waals surface area contributed by atoms with Gasteiger partial charge in [-0.25, -0.2) is 0 Å². The maximum absolute atomic E-state index is 11.5. The van der Waals surface area contributed by atoms with E-state index in [4.69, 9.17) is 10.5 Å². The van der Waals surface area contributed by atoms with E-state index in [-0.39, 0.29) is 30.0 Å². The number of nitrogens with two attached hydrogens (primary N) is 1. The fourth-order valence-corrected chi connectivity index (χ4v) is 2.96. The molecule has 3 rings (SSSR count). The molecule has 2 saturated heterocycles. The SMILES string of the molecule is NC1C2CCOC2C1N1C(=O)CCC1=O. The molecule has 0 aromatic rings.